The van der Waals surface area contributed by atoms with Gasteiger partial charge in [-0.1, -0.05) is 91.0 Å². The van der Waals surface area contributed by atoms with E-state index in [2.05, 4.69) is 91.0 Å². The van der Waals surface area contributed by atoms with E-state index in [9.17, 15) is 0 Å². The number of benzene rings is 4. The lowest BCUT2D eigenvalue weighted by molar-refractivity contribution is 0.359. The molecule has 0 N–H and O–H groups in total. The summed E-state index contributed by atoms with van der Waals surface area (Å²) in [6, 6.07) is 32.8. The molecule has 0 unspecified atom stereocenters. The normalized spacial score (nSPS) is 14.1. The molecule has 0 fully saturated rings. The van der Waals surface area contributed by atoms with Gasteiger partial charge < -0.3 is 9.47 Å². The fourth-order valence-electron chi connectivity index (χ4n) is 4.67. The number of hydrogen-bond acceptors (Lipinski definition) is 2. The molecule has 6 rings (SSSR count). The Labute approximate surface area is 184 Å². The summed E-state index contributed by atoms with van der Waals surface area (Å²) < 4.78 is 12.4. The van der Waals surface area contributed by atoms with Gasteiger partial charge in [-0.25, -0.2) is 0 Å². The van der Waals surface area contributed by atoms with E-state index >= 15 is 0 Å². The Balaban J connectivity index is 1.63. The van der Waals surface area contributed by atoms with Gasteiger partial charge in [-0.2, -0.15) is 0 Å². The molecule has 0 atom stereocenters. The molecule has 0 amide bonds. The summed E-state index contributed by atoms with van der Waals surface area (Å²) in [5, 5.41) is 3.92. The van der Waals surface area contributed by atoms with Crippen molar-refractivity contribution in [2.45, 2.75) is 12.8 Å². The molecule has 0 bridgehead atoms. The minimum Gasteiger partial charge on any atom is -0.492 e. The van der Waals surface area contributed by atoms with E-state index in [0.717, 1.165) is 37.6 Å². The average molecular weight is 422 g/mol. The average Bonchev–Trinajstić information content (AvgIpc) is 3.50. The SMILES string of the molecule is c1ccc(-c2ccccc2P(c2cccc3c2OCC3)c2cccc3c2OCC3)cc1. The van der Waals surface area contributed by atoms with Gasteiger partial charge >= 0.3 is 0 Å². The molecule has 0 saturated heterocycles. The Morgan fingerprint density at radius 3 is 1.71 bits per heavy atom. The van der Waals surface area contributed by atoms with Crippen LogP contribution in [0.15, 0.2) is 91.0 Å². The highest BCUT2D eigenvalue weighted by Gasteiger charge is 2.30. The maximum atomic E-state index is 6.19. The van der Waals surface area contributed by atoms with Gasteiger partial charge in [-0.15, -0.1) is 0 Å². The van der Waals surface area contributed by atoms with Crippen LogP contribution < -0.4 is 25.4 Å². The molecule has 4 aromatic rings. The third-order valence-electron chi connectivity index (χ3n) is 6.10. The Bertz CT molecular complexity index is 1190. The number of hydrogen-bond donors (Lipinski definition) is 0. The van der Waals surface area contributed by atoms with Gasteiger partial charge in [-0.05, 0) is 35.5 Å². The first-order valence-corrected chi connectivity index (χ1v) is 12.2. The Hall–Kier alpha value is -3.09. The fraction of sp³-hybridized carbons (Fsp3) is 0.143. The largest absolute Gasteiger partial charge is 0.492 e. The highest BCUT2D eigenvalue weighted by Crippen LogP contribution is 2.45. The van der Waals surface area contributed by atoms with Gasteiger partial charge in [0, 0.05) is 23.5 Å². The molecule has 0 spiro atoms. The lowest BCUT2D eigenvalue weighted by atomic mass is 10.1. The minimum atomic E-state index is -0.846. The van der Waals surface area contributed by atoms with Crippen LogP contribution in [0.4, 0.5) is 0 Å². The van der Waals surface area contributed by atoms with Crippen molar-refractivity contribution in [1.82, 2.24) is 0 Å². The molecule has 2 aliphatic heterocycles. The van der Waals surface area contributed by atoms with Gasteiger partial charge in [0.15, 0.2) is 0 Å². The van der Waals surface area contributed by atoms with E-state index < -0.39 is 7.92 Å². The summed E-state index contributed by atoms with van der Waals surface area (Å²) in [5.41, 5.74) is 5.15. The van der Waals surface area contributed by atoms with Crippen LogP contribution in [0.3, 0.4) is 0 Å². The van der Waals surface area contributed by atoms with Gasteiger partial charge in [0.2, 0.25) is 0 Å². The molecule has 0 radical (unpaired) electrons. The fourth-order valence-corrected chi connectivity index (χ4v) is 7.42. The number of para-hydroxylation sites is 2. The Kier molecular flexibility index (Phi) is 4.74. The molecule has 2 heterocycles. The van der Waals surface area contributed by atoms with Crippen molar-refractivity contribution < 1.29 is 9.47 Å². The number of fused-ring (bicyclic) bond motifs is 2. The molecule has 31 heavy (non-hydrogen) atoms. The summed E-state index contributed by atoms with van der Waals surface area (Å²) >= 11 is 0. The zero-order valence-electron chi connectivity index (χ0n) is 17.3. The Morgan fingerprint density at radius 2 is 1.06 bits per heavy atom. The second-order valence-corrected chi connectivity index (χ2v) is 10.1. The smallest absolute Gasteiger partial charge is 0.130 e. The predicted octanol–water partition coefficient (Wildman–Crippen LogP) is 4.98. The summed E-state index contributed by atoms with van der Waals surface area (Å²) in [6.45, 7) is 1.53. The van der Waals surface area contributed by atoms with Gasteiger partial charge in [0.25, 0.3) is 0 Å². The molecule has 0 aliphatic carbocycles. The molecule has 0 saturated carbocycles. The summed E-state index contributed by atoms with van der Waals surface area (Å²) in [5.74, 6) is 2.15. The molecule has 2 nitrogen and oxygen atoms in total. The van der Waals surface area contributed by atoms with Crippen molar-refractivity contribution in [3.05, 3.63) is 102 Å². The maximum Gasteiger partial charge on any atom is 0.130 e. The van der Waals surface area contributed by atoms with Crippen LogP contribution in [0, 0.1) is 0 Å². The molecular weight excluding hydrogens is 399 g/mol. The zero-order chi connectivity index (χ0) is 20.6. The van der Waals surface area contributed by atoms with Gasteiger partial charge in [0.1, 0.15) is 11.5 Å². The van der Waals surface area contributed by atoms with Crippen molar-refractivity contribution in [2.75, 3.05) is 13.2 Å². The van der Waals surface area contributed by atoms with E-state index in [4.69, 9.17) is 9.47 Å². The quantitative estimate of drug-likeness (QED) is 0.432. The second-order valence-electron chi connectivity index (χ2n) is 7.95. The Morgan fingerprint density at radius 1 is 0.516 bits per heavy atom. The van der Waals surface area contributed by atoms with E-state index in [1.54, 1.807) is 0 Å². The molecule has 3 heteroatoms. The summed E-state index contributed by atoms with van der Waals surface area (Å²) in [4.78, 5) is 0. The first-order chi connectivity index (χ1) is 15.4. The third kappa shape index (κ3) is 3.23. The molecule has 2 aliphatic rings. The van der Waals surface area contributed by atoms with Crippen LogP contribution in [0.1, 0.15) is 11.1 Å². The lowest BCUT2D eigenvalue weighted by Crippen LogP contribution is -2.24. The first kappa shape index (κ1) is 18.7. The highest BCUT2D eigenvalue weighted by molar-refractivity contribution is 7.80. The molecular formula is C28H23O2P. The standard InChI is InChI=1S/C28H23O2P/c1-2-8-20(9-3-1)23-12-4-5-13-24(23)31(25-14-6-10-21-16-18-29-27(21)25)26-15-7-11-22-17-19-30-28(22)26/h1-15H,16-19H2. The molecule has 152 valence electrons. The van der Waals surface area contributed by atoms with Gasteiger partial charge in [-0.3, -0.25) is 0 Å². The summed E-state index contributed by atoms with van der Waals surface area (Å²) in [6.07, 6.45) is 1.96. The maximum absolute atomic E-state index is 6.19. The van der Waals surface area contributed by atoms with E-state index in [0.29, 0.717) is 0 Å². The topological polar surface area (TPSA) is 18.5 Å². The van der Waals surface area contributed by atoms with Crippen molar-refractivity contribution >= 4 is 23.8 Å². The third-order valence-corrected chi connectivity index (χ3v) is 8.64. The van der Waals surface area contributed by atoms with Crippen LogP contribution in [0.5, 0.6) is 11.5 Å². The monoisotopic (exact) mass is 422 g/mol. The van der Waals surface area contributed by atoms with E-state index in [-0.39, 0.29) is 0 Å². The number of ether oxygens (including phenoxy) is 2. The van der Waals surface area contributed by atoms with Crippen LogP contribution in [-0.2, 0) is 12.8 Å². The molecule has 4 aromatic carbocycles. The van der Waals surface area contributed by atoms with Crippen LogP contribution >= 0.6 is 7.92 Å². The number of rotatable bonds is 4. The van der Waals surface area contributed by atoms with Crippen LogP contribution in [0.25, 0.3) is 11.1 Å². The van der Waals surface area contributed by atoms with Crippen molar-refractivity contribution in [3.63, 3.8) is 0 Å². The molecule has 0 aromatic heterocycles. The predicted molar refractivity (Wildman–Crippen MR) is 129 cm³/mol. The lowest BCUT2D eigenvalue weighted by Gasteiger charge is -2.25. The van der Waals surface area contributed by atoms with Crippen molar-refractivity contribution in [3.8, 4) is 22.6 Å². The van der Waals surface area contributed by atoms with E-state index in [1.807, 2.05) is 0 Å². The summed E-state index contributed by atoms with van der Waals surface area (Å²) in [7, 11) is -0.846. The van der Waals surface area contributed by atoms with Gasteiger partial charge in [0.05, 0.1) is 13.2 Å². The minimum absolute atomic E-state index is 0.763. The first-order valence-electron chi connectivity index (χ1n) is 10.8. The van der Waals surface area contributed by atoms with Crippen LogP contribution in [0.2, 0.25) is 0 Å². The van der Waals surface area contributed by atoms with E-state index in [1.165, 1.54) is 38.2 Å². The zero-order valence-corrected chi connectivity index (χ0v) is 18.1. The van der Waals surface area contributed by atoms with Crippen molar-refractivity contribution in [2.24, 2.45) is 0 Å². The second kappa shape index (κ2) is 7.87. The van der Waals surface area contributed by atoms with Crippen molar-refractivity contribution in [1.29, 1.82) is 0 Å². The van der Waals surface area contributed by atoms with Crippen LogP contribution in [-0.4, -0.2) is 13.2 Å². The highest BCUT2D eigenvalue weighted by atomic mass is 31.1.